The summed E-state index contributed by atoms with van der Waals surface area (Å²) in [5.74, 6) is 0.618. The second-order valence-electron chi connectivity index (χ2n) is 5.27. The van der Waals surface area contributed by atoms with E-state index in [1.165, 1.54) is 35.4 Å². The number of halogens is 1. The number of nitrogens with one attached hydrogen (secondary N) is 1. The van der Waals surface area contributed by atoms with Gasteiger partial charge in [-0.1, -0.05) is 36.7 Å². The van der Waals surface area contributed by atoms with Crippen molar-refractivity contribution in [1.29, 1.82) is 0 Å². The minimum absolute atomic E-state index is 0.0590. The summed E-state index contributed by atoms with van der Waals surface area (Å²) in [6.45, 7) is 0. The van der Waals surface area contributed by atoms with E-state index in [0.717, 1.165) is 31.2 Å². The predicted octanol–water partition coefficient (Wildman–Crippen LogP) is 4.10. The topological polar surface area (TPSA) is 54.9 Å². The Bertz CT molecular complexity index is 638. The fraction of sp³-hybridized carbons (Fsp3) is 0.400. The van der Waals surface area contributed by atoms with Gasteiger partial charge in [0.25, 0.3) is 0 Å². The quantitative estimate of drug-likeness (QED) is 0.835. The molecular weight excluding hydrogens is 321 g/mol. The highest BCUT2D eigenvalue weighted by molar-refractivity contribution is 7.98. The third-order valence-electron chi connectivity index (χ3n) is 3.64. The summed E-state index contributed by atoms with van der Waals surface area (Å²) in [7, 11) is 0. The third-order valence-corrected chi connectivity index (χ3v) is 5.31. The van der Waals surface area contributed by atoms with Crippen molar-refractivity contribution in [1.82, 2.24) is 9.36 Å². The summed E-state index contributed by atoms with van der Waals surface area (Å²) >= 11 is 2.67. The van der Waals surface area contributed by atoms with Crippen LogP contribution < -0.4 is 5.32 Å². The lowest BCUT2D eigenvalue weighted by Gasteiger charge is -2.06. The first-order chi connectivity index (χ1) is 10.7. The molecule has 1 aromatic carbocycles. The number of hydrogen-bond acceptors (Lipinski definition) is 5. The zero-order valence-corrected chi connectivity index (χ0v) is 13.6. The Morgan fingerprint density at radius 2 is 2.05 bits per heavy atom. The number of thioether (sulfide) groups is 1. The molecule has 3 rings (SSSR count). The third kappa shape index (κ3) is 4.04. The monoisotopic (exact) mass is 337 g/mol. The molecule has 1 aliphatic rings. The van der Waals surface area contributed by atoms with Gasteiger partial charge in [-0.05, 0) is 30.5 Å². The molecule has 22 heavy (non-hydrogen) atoms. The molecule has 7 heteroatoms. The van der Waals surface area contributed by atoms with E-state index in [2.05, 4.69) is 14.7 Å². The van der Waals surface area contributed by atoms with Crippen LogP contribution in [0.3, 0.4) is 0 Å². The number of aromatic nitrogens is 2. The second-order valence-corrected chi connectivity index (χ2v) is 6.96. The molecule has 0 spiro atoms. The molecule has 1 amide bonds. The summed E-state index contributed by atoms with van der Waals surface area (Å²) in [6, 6.07) is 6.38. The number of benzene rings is 1. The van der Waals surface area contributed by atoms with Crippen LogP contribution in [0.25, 0.3) is 0 Å². The average molecular weight is 337 g/mol. The molecule has 0 unspecified atom stereocenters. The van der Waals surface area contributed by atoms with Crippen LogP contribution in [0.5, 0.6) is 0 Å². The van der Waals surface area contributed by atoms with E-state index < -0.39 is 0 Å². The first-order valence-corrected chi connectivity index (χ1v) is 8.98. The standard InChI is InChI=1S/C15H16FN3OS2/c16-12-7-5-10(6-8-12)9-21-15-18-14(22-19-15)17-13(20)11-3-1-2-4-11/h5-8,11H,1-4,9H2,(H,17,18,19,20). The van der Waals surface area contributed by atoms with E-state index in [1.54, 1.807) is 12.1 Å². The molecule has 2 aromatic rings. The Balaban J connectivity index is 1.52. The summed E-state index contributed by atoms with van der Waals surface area (Å²) < 4.78 is 17.1. The molecule has 0 bridgehead atoms. The number of carbonyl (C=O) groups is 1. The van der Waals surface area contributed by atoms with Crippen LogP contribution >= 0.6 is 23.3 Å². The van der Waals surface area contributed by atoms with Crippen LogP contribution in [0, 0.1) is 11.7 Å². The van der Waals surface area contributed by atoms with Crippen LogP contribution in [0.15, 0.2) is 29.4 Å². The lowest BCUT2D eigenvalue weighted by molar-refractivity contribution is -0.119. The maximum absolute atomic E-state index is 12.8. The Morgan fingerprint density at radius 3 is 2.77 bits per heavy atom. The maximum atomic E-state index is 12.8. The van der Waals surface area contributed by atoms with Crippen molar-refractivity contribution in [2.75, 3.05) is 5.32 Å². The number of anilines is 1. The fourth-order valence-corrected chi connectivity index (χ4v) is 3.95. The number of hydrogen-bond donors (Lipinski definition) is 1. The molecule has 0 saturated heterocycles. The molecule has 0 aliphatic heterocycles. The normalized spacial score (nSPS) is 15.1. The van der Waals surface area contributed by atoms with E-state index in [-0.39, 0.29) is 17.6 Å². The predicted molar refractivity (Wildman–Crippen MR) is 86.5 cm³/mol. The summed E-state index contributed by atoms with van der Waals surface area (Å²) in [5, 5.41) is 4.04. The van der Waals surface area contributed by atoms with Crippen LogP contribution in [0.2, 0.25) is 0 Å². The van der Waals surface area contributed by atoms with Crippen LogP contribution in [0.4, 0.5) is 9.52 Å². The second kappa shape index (κ2) is 7.19. The Kier molecular flexibility index (Phi) is 5.04. The number of carbonyl (C=O) groups excluding carboxylic acids is 1. The molecule has 4 nitrogen and oxygen atoms in total. The maximum Gasteiger partial charge on any atom is 0.229 e. The molecule has 1 heterocycles. The van der Waals surface area contributed by atoms with Crippen LogP contribution in [-0.4, -0.2) is 15.3 Å². The molecule has 1 aromatic heterocycles. The lowest BCUT2D eigenvalue weighted by atomic mass is 10.1. The van der Waals surface area contributed by atoms with Crippen molar-refractivity contribution in [3.63, 3.8) is 0 Å². The highest BCUT2D eigenvalue weighted by atomic mass is 32.2. The number of rotatable bonds is 5. The average Bonchev–Trinajstić information content (AvgIpc) is 3.18. The van der Waals surface area contributed by atoms with Crippen molar-refractivity contribution < 1.29 is 9.18 Å². The van der Waals surface area contributed by atoms with Gasteiger partial charge in [0.15, 0.2) is 0 Å². The molecule has 1 fully saturated rings. The van der Waals surface area contributed by atoms with Gasteiger partial charge in [0.05, 0.1) is 0 Å². The molecule has 116 valence electrons. The van der Waals surface area contributed by atoms with Crippen molar-refractivity contribution in [3.8, 4) is 0 Å². The van der Waals surface area contributed by atoms with E-state index in [4.69, 9.17) is 0 Å². The highest BCUT2D eigenvalue weighted by Crippen LogP contribution is 2.27. The largest absolute Gasteiger partial charge is 0.300 e. The van der Waals surface area contributed by atoms with Crippen molar-refractivity contribution in [3.05, 3.63) is 35.6 Å². The summed E-state index contributed by atoms with van der Waals surface area (Å²) in [6.07, 6.45) is 4.20. The van der Waals surface area contributed by atoms with Gasteiger partial charge in [0, 0.05) is 23.2 Å². The Hall–Kier alpha value is -1.47. The minimum Gasteiger partial charge on any atom is -0.300 e. The fourth-order valence-electron chi connectivity index (χ4n) is 2.44. The first-order valence-electron chi connectivity index (χ1n) is 7.22. The van der Waals surface area contributed by atoms with Crippen molar-refractivity contribution in [2.24, 2.45) is 5.92 Å². The molecule has 1 saturated carbocycles. The van der Waals surface area contributed by atoms with Gasteiger partial charge in [-0.15, -0.1) is 0 Å². The molecule has 0 atom stereocenters. The van der Waals surface area contributed by atoms with Crippen LogP contribution in [0.1, 0.15) is 31.2 Å². The van der Waals surface area contributed by atoms with E-state index in [0.29, 0.717) is 16.0 Å². The van der Waals surface area contributed by atoms with E-state index >= 15 is 0 Å². The Morgan fingerprint density at radius 1 is 1.32 bits per heavy atom. The summed E-state index contributed by atoms with van der Waals surface area (Å²) in [5.41, 5.74) is 1.01. The lowest BCUT2D eigenvalue weighted by Crippen LogP contribution is -2.20. The van der Waals surface area contributed by atoms with Gasteiger partial charge in [-0.2, -0.15) is 9.36 Å². The SMILES string of the molecule is O=C(Nc1nc(SCc2ccc(F)cc2)ns1)C1CCCC1. The summed E-state index contributed by atoms with van der Waals surface area (Å²) in [4.78, 5) is 16.3. The van der Waals surface area contributed by atoms with Gasteiger partial charge >= 0.3 is 0 Å². The zero-order chi connectivity index (χ0) is 15.4. The molecular formula is C15H16FN3OS2. The van der Waals surface area contributed by atoms with E-state index in [9.17, 15) is 9.18 Å². The van der Waals surface area contributed by atoms with Gasteiger partial charge in [-0.25, -0.2) is 4.39 Å². The van der Waals surface area contributed by atoms with Crippen LogP contribution in [-0.2, 0) is 10.5 Å². The van der Waals surface area contributed by atoms with Crippen molar-refractivity contribution in [2.45, 2.75) is 36.6 Å². The van der Waals surface area contributed by atoms with Gasteiger partial charge in [-0.3, -0.25) is 4.79 Å². The molecule has 1 aliphatic carbocycles. The molecule has 1 N–H and O–H groups in total. The highest BCUT2D eigenvalue weighted by Gasteiger charge is 2.23. The Labute approximate surface area is 136 Å². The minimum atomic E-state index is -0.238. The van der Waals surface area contributed by atoms with Gasteiger partial charge < -0.3 is 5.32 Å². The zero-order valence-electron chi connectivity index (χ0n) is 11.9. The van der Waals surface area contributed by atoms with Gasteiger partial charge in [0.1, 0.15) is 5.82 Å². The number of nitrogens with zero attached hydrogens (tertiary/aromatic N) is 2. The smallest absolute Gasteiger partial charge is 0.229 e. The number of amides is 1. The first kappa shape index (κ1) is 15.4. The van der Waals surface area contributed by atoms with Crippen molar-refractivity contribution >= 4 is 34.3 Å². The molecule has 0 radical (unpaired) electrons. The van der Waals surface area contributed by atoms with E-state index in [1.807, 2.05) is 0 Å². The van der Waals surface area contributed by atoms with Gasteiger partial charge in [0.2, 0.25) is 16.2 Å².